The summed E-state index contributed by atoms with van der Waals surface area (Å²) in [6.07, 6.45) is 2.09. The summed E-state index contributed by atoms with van der Waals surface area (Å²) in [6, 6.07) is 4.45. The number of aromatic nitrogens is 1. The molecule has 106 valence electrons. The van der Waals surface area contributed by atoms with Crippen LogP contribution < -0.4 is 10.6 Å². The predicted molar refractivity (Wildman–Crippen MR) is 75.6 cm³/mol. The third kappa shape index (κ3) is 2.48. The Bertz CT molecular complexity index is 650. The van der Waals surface area contributed by atoms with E-state index >= 15 is 0 Å². The van der Waals surface area contributed by atoms with Crippen molar-refractivity contribution in [3.05, 3.63) is 40.1 Å². The third-order valence-corrected chi connectivity index (χ3v) is 3.30. The molecule has 0 radical (unpaired) electrons. The van der Waals surface area contributed by atoms with E-state index in [1.807, 2.05) is 0 Å². The van der Waals surface area contributed by atoms with Crippen LogP contribution in [0.5, 0.6) is 0 Å². The minimum atomic E-state index is -0.432. The van der Waals surface area contributed by atoms with Gasteiger partial charge in [0, 0.05) is 19.3 Å². The number of amides is 1. The van der Waals surface area contributed by atoms with E-state index in [2.05, 4.69) is 15.6 Å². The van der Waals surface area contributed by atoms with Crippen LogP contribution in [0, 0.1) is 10.1 Å². The van der Waals surface area contributed by atoms with Crippen molar-refractivity contribution >= 4 is 22.5 Å². The lowest BCUT2D eigenvalue weighted by molar-refractivity contribution is -0.383. The molecular weight excluding hydrogens is 260 g/mol. The first-order valence-corrected chi connectivity index (χ1v) is 6.20. The van der Waals surface area contributed by atoms with Gasteiger partial charge in [0.05, 0.1) is 21.9 Å². The van der Waals surface area contributed by atoms with Crippen molar-refractivity contribution in [2.45, 2.75) is 12.5 Å². The third-order valence-electron chi connectivity index (χ3n) is 3.30. The summed E-state index contributed by atoms with van der Waals surface area (Å²) in [7, 11) is 3.24. The van der Waals surface area contributed by atoms with Gasteiger partial charge in [0.25, 0.3) is 5.69 Å². The van der Waals surface area contributed by atoms with Crippen LogP contribution in [0.25, 0.3) is 10.9 Å². The SMILES string of the molecule is CNC(=O)[C@@H](Cc1c[nH]c2cccc([N+](=O)[O-])c12)NC. The molecule has 1 amide bonds. The molecule has 1 atom stereocenters. The first-order chi connectivity index (χ1) is 9.58. The quantitative estimate of drug-likeness (QED) is 0.559. The zero-order valence-electron chi connectivity index (χ0n) is 11.3. The van der Waals surface area contributed by atoms with Crippen molar-refractivity contribution in [3.63, 3.8) is 0 Å². The molecule has 2 rings (SSSR count). The molecule has 0 bridgehead atoms. The number of likely N-dealkylation sites (N-methyl/N-ethyl adjacent to an activating group) is 2. The molecule has 7 nitrogen and oxygen atoms in total. The van der Waals surface area contributed by atoms with Crippen LogP contribution in [-0.2, 0) is 11.2 Å². The van der Waals surface area contributed by atoms with Crippen LogP contribution in [-0.4, -0.2) is 36.0 Å². The Balaban J connectivity index is 2.44. The highest BCUT2D eigenvalue weighted by molar-refractivity contribution is 5.92. The number of H-pyrrole nitrogens is 1. The maximum absolute atomic E-state index is 11.7. The molecule has 1 heterocycles. The van der Waals surface area contributed by atoms with Gasteiger partial charge in [-0.1, -0.05) is 6.07 Å². The summed E-state index contributed by atoms with van der Waals surface area (Å²) >= 11 is 0. The Kier molecular flexibility index (Phi) is 3.99. The summed E-state index contributed by atoms with van der Waals surface area (Å²) < 4.78 is 0. The molecule has 0 aliphatic rings. The lowest BCUT2D eigenvalue weighted by atomic mass is 10.0. The van der Waals surface area contributed by atoms with Gasteiger partial charge in [-0.05, 0) is 25.1 Å². The Labute approximate surface area is 115 Å². The monoisotopic (exact) mass is 276 g/mol. The van der Waals surface area contributed by atoms with Crippen molar-refractivity contribution in [2.24, 2.45) is 0 Å². The fraction of sp³-hybridized carbons (Fsp3) is 0.308. The largest absolute Gasteiger partial charge is 0.361 e. The molecule has 0 spiro atoms. The van der Waals surface area contributed by atoms with Crippen LogP contribution in [0.1, 0.15) is 5.56 Å². The predicted octanol–water partition coefficient (Wildman–Crippen LogP) is 0.953. The second kappa shape index (κ2) is 5.70. The number of carbonyl (C=O) groups is 1. The summed E-state index contributed by atoms with van der Waals surface area (Å²) in [4.78, 5) is 25.4. The summed E-state index contributed by atoms with van der Waals surface area (Å²) in [5.41, 5.74) is 1.49. The maximum Gasteiger partial charge on any atom is 0.279 e. The van der Waals surface area contributed by atoms with Crippen molar-refractivity contribution in [1.82, 2.24) is 15.6 Å². The molecule has 2 aromatic rings. The fourth-order valence-electron chi connectivity index (χ4n) is 2.27. The van der Waals surface area contributed by atoms with Crippen LogP contribution in [0.2, 0.25) is 0 Å². The lowest BCUT2D eigenvalue weighted by Gasteiger charge is -2.13. The second-order valence-electron chi connectivity index (χ2n) is 4.43. The van der Waals surface area contributed by atoms with Gasteiger partial charge >= 0.3 is 0 Å². The average Bonchev–Trinajstić information content (AvgIpc) is 2.86. The first kappa shape index (κ1) is 14.0. The van der Waals surface area contributed by atoms with Crippen molar-refractivity contribution < 1.29 is 9.72 Å². The standard InChI is InChI=1S/C13H16N4O3/c1-14-10(13(18)15-2)6-8-7-16-9-4-3-5-11(12(8)9)17(19)20/h3-5,7,10,14,16H,6H2,1-2H3,(H,15,18)/t10-/m1/s1. The summed E-state index contributed by atoms with van der Waals surface area (Å²) in [5, 5.41) is 17.1. The molecule has 1 aromatic heterocycles. The zero-order valence-corrected chi connectivity index (χ0v) is 11.3. The van der Waals surface area contributed by atoms with E-state index in [-0.39, 0.29) is 11.6 Å². The second-order valence-corrected chi connectivity index (χ2v) is 4.43. The molecule has 7 heteroatoms. The molecule has 3 N–H and O–H groups in total. The highest BCUT2D eigenvalue weighted by atomic mass is 16.6. The van der Waals surface area contributed by atoms with Gasteiger partial charge in [0.2, 0.25) is 5.91 Å². The van der Waals surface area contributed by atoms with Gasteiger partial charge in [-0.3, -0.25) is 14.9 Å². The maximum atomic E-state index is 11.7. The molecule has 0 saturated heterocycles. The van der Waals surface area contributed by atoms with Crippen LogP contribution >= 0.6 is 0 Å². The lowest BCUT2D eigenvalue weighted by Crippen LogP contribution is -2.42. The van der Waals surface area contributed by atoms with E-state index in [0.29, 0.717) is 17.3 Å². The number of rotatable bonds is 5. The number of hydrogen-bond acceptors (Lipinski definition) is 4. The number of aromatic amines is 1. The Morgan fingerprint density at radius 1 is 1.45 bits per heavy atom. The molecule has 0 aliphatic heterocycles. The zero-order chi connectivity index (χ0) is 14.7. The number of carbonyl (C=O) groups excluding carboxylic acids is 1. The number of nitro benzene ring substituents is 1. The van der Waals surface area contributed by atoms with Crippen LogP contribution in [0.3, 0.4) is 0 Å². The van der Waals surface area contributed by atoms with E-state index in [0.717, 1.165) is 5.56 Å². The number of non-ortho nitro benzene ring substituents is 1. The molecule has 0 unspecified atom stereocenters. The van der Waals surface area contributed by atoms with Crippen molar-refractivity contribution in [1.29, 1.82) is 0 Å². The molecule has 1 aromatic carbocycles. The highest BCUT2D eigenvalue weighted by Crippen LogP contribution is 2.29. The van der Waals surface area contributed by atoms with Gasteiger partial charge < -0.3 is 15.6 Å². The molecule has 0 aliphatic carbocycles. The number of nitrogens with one attached hydrogen (secondary N) is 3. The minimum absolute atomic E-state index is 0.0468. The first-order valence-electron chi connectivity index (χ1n) is 6.20. The summed E-state index contributed by atoms with van der Waals surface area (Å²) in [6.45, 7) is 0. The van der Waals surface area contributed by atoms with Gasteiger partial charge in [0.1, 0.15) is 0 Å². The van der Waals surface area contributed by atoms with Gasteiger partial charge in [-0.25, -0.2) is 0 Å². The highest BCUT2D eigenvalue weighted by Gasteiger charge is 2.21. The van der Waals surface area contributed by atoms with Crippen molar-refractivity contribution in [3.8, 4) is 0 Å². The van der Waals surface area contributed by atoms with E-state index in [1.165, 1.54) is 6.07 Å². The molecule has 0 saturated carbocycles. The van der Waals surface area contributed by atoms with Crippen LogP contribution in [0.4, 0.5) is 5.69 Å². The van der Waals surface area contributed by atoms with E-state index in [9.17, 15) is 14.9 Å². The van der Waals surface area contributed by atoms with Crippen molar-refractivity contribution in [2.75, 3.05) is 14.1 Å². The smallest absolute Gasteiger partial charge is 0.279 e. The minimum Gasteiger partial charge on any atom is -0.361 e. The Morgan fingerprint density at radius 3 is 2.80 bits per heavy atom. The Hall–Kier alpha value is -2.41. The summed E-state index contributed by atoms with van der Waals surface area (Å²) in [5.74, 6) is -0.152. The fourth-order valence-corrected chi connectivity index (χ4v) is 2.27. The van der Waals surface area contributed by atoms with E-state index < -0.39 is 11.0 Å². The molecule has 0 fully saturated rings. The number of hydrogen-bond donors (Lipinski definition) is 3. The normalized spacial score (nSPS) is 12.3. The topological polar surface area (TPSA) is 100 Å². The molecule has 20 heavy (non-hydrogen) atoms. The number of benzene rings is 1. The van der Waals surface area contributed by atoms with E-state index in [1.54, 1.807) is 32.4 Å². The van der Waals surface area contributed by atoms with E-state index in [4.69, 9.17) is 0 Å². The van der Waals surface area contributed by atoms with Crippen LogP contribution in [0.15, 0.2) is 24.4 Å². The number of fused-ring (bicyclic) bond motifs is 1. The number of nitro groups is 1. The average molecular weight is 276 g/mol. The van der Waals surface area contributed by atoms with Gasteiger partial charge in [0.15, 0.2) is 0 Å². The van der Waals surface area contributed by atoms with Gasteiger partial charge in [-0.15, -0.1) is 0 Å². The Morgan fingerprint density at radius 2 is 2.20 bits per heavy atom. The number of nitrogens with zero attached hydrogens (tertiary/aromatic N) is 1. The molecular formula is C13H16N4O3. The van der Waals surface area contributed by atoms with Gasteiger partial charge in [-0.2, -0.15) is 0 Å².